The predicted octanol–water partition coefficient (Wildman–Crippen LogP) is 1.78. The van der Waals surface area contributed by atoms with Crippen LogP contribution >= 0.6 is 0 Å². The fraction of sp³-hybridized carbons (Fsp3) is 0.111. The Labute approximate surface area is 75.4 Å². The fourth-order valence-electron chi connectivity index (χ4n) is 1.29. The molecule has 0 radical (unpaired) electrons. The van der Waals surface area contributed by atoms with Crippen molar-refractivity contribution in [3.05, 3.63) is 35.6 Å². The Morgan fingerprint density at radius 1 is 1.62 bits per heavy atom. The van der Waals surface area contributed by atoms with Crippen LogP contribution < -0.4 is 5.73 Å². The molecule has 2 aromatic heterocycles. The molecule has 0 atom stereocenters. The Kier molecular flexibility index (Phi) is 1.46. The second-order valence-electron chi connectivity index (χ2n) is 2.84. The molecule has 0 unspecified atom stereocenters. The second kappa shape index (κ2) is 2.49. The summed E-state index contributed by atoms with van der Waals surface area (Å²) in [7, 11) is 0. The van der Waals surface area contributed by atoms with E-state index in [2.05, 4.69) is 9.83 Å². The number of hydrogen-bond donors (Lipinski definition) is 1. The van der Waals surface area contributed by atoms with Crippen LogP contribution in [0.2, 0.25) is 0 Å². The molecule has 0 aliphatic heterocycles. The molecule has 64 valence electrons. The third-order valence-corrected chi connectivity index (χ3v) is 2.10. The topological polar surface area (TPSA) is 47.7 Å². The van der Waals surface area contributed by atoms with Crippen molar-refractivity contribution in [2.45, 2.75) is 6.92 Å². The van der Waals surface area contributed by atoms with E-state index in [1.807, 2.05) is 6.92 Å². The molecule has 0 saturated heterocycles. The van der Waals surface area contributed by atoms with Crippen molar-refractivity contribution in [2.75, 3.05) is 5.73 Å². The molecule has 0 saturated carbocycles. The Morgan fingerprint density at radius 2 is 2.38 bits per heavy atom. The number of anilines is 1. The maximum atomic E-state index is 6.95. The first kappa shape index (κ1) is 7.62. The molecule has 0 aliphatic carbocycles. The normalized spacial score (nSPS) is 10.2. The van der Waals surface area contributed by atoms with Gasteiger partial charge in [0, 0.05) is 0 Å². The molecule has 0 amide bonds. The molecule has 0 aromatic carbocycles. The molecule has 0 bridgehead atoms. The van der Waals surface area contributed by atoms with E-state index in [9.17, 15) is 0 Å². The summed E-state index contributed by atoms with van der Waals surface area (Å²) in [5, 5.41) is 0. The van der Waals surface area contributed by atoms with Gasteiger partial charge in [-0.2, -0.15) is 0 Å². The summed E-state index contributed by atoms with van der Waals surface area (Å²) in [6.45, 7) is 8.78. The molecule has 0 fully saturated rings. The van der Waals surface area contributed by atoms with Crippen molar-refractivity contribution in [1.82, 2.24) is 9.38 Å². The summed E-state index contributed by atoms with van der Waals surface area (Å²) in [4.78, 5) is 7.35. The number of aromatic nitrogens is 2. The smallest absolute Gasteiger partial charge is 0.195 e. The molecule has 13 heavy (non-hydrogen) atoms. The van der Waals surface area contributed by atoms with Crippen molar-refractivity contribution in [1.29, 1.82) is 0 Å². The molecule has 2 heterocycles. The van der Waals surface area contributed by atoms with Crippen LogP contribution in [0.25, 0.3) is 10.4 Å². The highest BCUT2D eigenvalue weighted by Gasteiger charge is 2.06. The lowest BCUT2D eigenvalue weighted by atomic mass is 10.2. The Hall–Kier alpha value is -2.02. The van der Waals surface area contributed by atoms with Gasteiger partial charge in [0.15, 0.2) is 5.69 Å². The molecule has 4 nitrogen and oxygen atoms in total. The van der Waals surface area contributed by atoms with Crippen LogP contribution in [0.4, 0.5) is 11.5 Å². The number of nitrogens with zero attached hydrogens (tertiary/aromatic N) is 3. The van der Waals surface area contributed by atoms with Crippen molar-refractivity contribution in [3.8, 4) is 0 Å². The molecule has 2 aromatic rings. The lowest BCUT2D eigenvalue weighted by molar-refractivity contribution is 1.15. The Morgan fingerprint density at radius 3 is 3.08 bits per heavy atom. The summed E-state index contributed by atoms with van der Waals surface area (Å²) < 4.78 is 1.77. The zero-order valence-electron chi connectivity index (χ0n) is 7.15. The van der Waals surface area contributed by atoms with E-state index in [0.717, 1.165) is 11.1 Å². The minimum absolute atomic E-state index is 0.584. The van der Waals surface area contributed by atoms with Gasteiger partial charge in [-0.25, -0.2) is 9.83 Å². The van der Waals surface area contributed by atoms with Gasteiger partial charge < -0.3 is 5.73 Å². The molecule has 0 aliphatic rings. The van der Waals surface area contributed by atoms with Crippen molar-refractivity contribution >= 4 is 17.0 Å². The second-order valence-corrected chi connectivity index (χ2v) is 2.84. The fourth-order valence-corrected chi connectivity index (χ4v) is 1.29. The largest absolute Gasteiger partial charge is 0.386 e. The van der Waals surface area contributed by atoms with Crippen LogP contribution in [0.1, 0.15) is 5.56 Å². The maximum absolute atomic E-state index is 6.95. The molecular formula is C9H8N4. The van der Waals surface area contributed by atoms with Gasteiger partial charge in [0.1, 0.15) is 12.1 Å². The third kappa shape index (κ3) is 0.942. The van der Waals surface area contributed by atoms with E-state index in [4.69, 9.17) is 12.3 Å². The van der Waals surface area contributed by atoms with Crippen LogP contribution in [-0.2, 0) is 0 Å². The Bertz CT molecular complexity index is 504. The van der Waals surface area contributed by atoms with Crippen LogP contribution in [0, 0.1) is 13.5 Å². The maximum Gasteiger partial charge on any atom is 0.195 e. The van der Waals surface area contributed by atoms with E-state index in [0.29, 0.717) is 11.5 Å². The van der Waals surface area contributed by atoms with Gasteiger partial charge in [0.25, 0.3) is 0 Å². The predicted molar refractivity (Wildman–Crippen MR) is 50.6 cm³/mol. The molecule has 2 rings (SSSR count). The van der Waals surface area contributed by atoms with Crippen LogP contribution in [0.3, 0.4) is 0 Å². The zero-order chi connectivity index (χ0) is 9.42. The third-order valence-electron chi connectivity index (χ3n) is 2.10. The van der Waals surface area contributed by atoms with Crippen LogP contribution in [0.15, 0.2) is 18.6 Å². The first-order chi connectivity index (χ1) is 6.24. The number of hydrogen-bond acceptors (Lipinski definition) is 2. The van der Waals surface area contributed by atoms with Gasteiger partial charge in [-0.05, 0) is 18.6 Å². The minimum atomic E-state index is 0.584. The number of nitrogen functional groups attached to an aromatic ring is 1. The average Bonchev–Trinajstić information content (AvgIpc) is 2.59. The van der Waals surface area contributed by atoms with Crippen LogP contribution in [0.5, 0.6) is 0 Å². The summed E-state index contributed by atoms with van der Waals surface area (Å²) in [5.74, 6) is 0.584. The summed E-state index contributed by atoms with van der Waals surface area (Å²) >= 11 is 0. The summed E-state index contributed by atoms with van der Waals surface area (Å²) in [6.07, 6.45) is 3.33. The highest BCUT2D eigenvalue weighted by molar-refractivity contribution is 5.69. The highest BCUT2D eigenvalue weighted by Crippen LogP contribution is 2.26. The lowest BCUT2D eigenvalue weighted by Crippen LogP contribution is -1.98. The van der Waals surface area contributed by atoms with Crippen molar-refractivity contribution < 1.29 is 0 Å². The monoisotopic (exact) mass is 172 g/mol. The van der Waals surface area contributed by atoms with E-state index < -0.39 is 0 Å². The lowest BCUT2D eigenvalue weighted by Gasteiger charge is -2.05. The summed E-state index contributed by atoms with van der Waals surface area (Å²) in [5.41, 5.74) is 8.07. The Balaban J connectivity index is 2.94. The number of fused-ring (bicyclic) bond motifs is 1. The van der Waals surface area contributed by atoms with Gasteiger partial charge in [0.2, 0.25) is 0 Å². The molecular weight excluding hydrogens is 164 g/mol. The van der Waals surface area contributed by atoms with Crippen molar-refractivity contribution in [3.63, 3.8) is 0 Å². The average molecular weight is 172 g/mol. The van der Waals surface area contributed by atoms with Gasteiger partial charge in [-0.1, -0.05) is 0 Å². The standard InChI is InChI=1S/C9H8N4/c1-6-8(11-2)3-7-4-12-5-13(7)9(6)10/h3-5H,10H2,1H3. The summed E-state index contributed by atoms with van der Waals surface area (Å²) in [6, 6.07) is 1.78. The SMILES string of the molecule is [C-]#[N+]c1cc2cncn2c(N)c1C. The molecule has 0 spiro atoms. The van der Waals surface area contributed by atoms with Crippen molar-refractivity contribution in [2.24, 2.45) is 0 Å². The van der Waals surface area contributed by atoms with Gasteiger partial charge in [-0.15, -0.1) is 0 Å². The van der Waals surface area contributed by atoms with Gasteiger partial charge >= 0.3 is 0 Å². The van der Waals surface area contributed by atoms with E-state index >= 15 is 0 Å². The minimum Gasteiger partial charge on any atom is -0.386 e. The van der Waals surface area contributed by atoms with Gasteiger partial charge in [-0.3, -0.25) is 4.40 Å². The quantitative estimate of drug-likeness (QED) is 0.615. The van der Waals surface area contributed by atoms with Gasteiger partial charge in [0.05, 0.1) is 18.3 Å². The zero-order valence-corrected chi connectivity index (χ0v) is 7.15. The number of imidazole rings is 1. The van der Waals surface area contributed by atoms with Crippen LogP contribution in [-0.4, -0.2) is 9.38 Å². The first-order valence-corrected chi connectivity index (χ1v) is 3.82. The number of rotatable bonds is 0. The number of pyridine rings is 1. The molecule has 2 N–H and O–H groups in total. The first-order valence-electron chi connectivity index (χ1n) is 3.82. The van der Waals surface area contributed by atoms with E-state index in [1.165, 1.54) is 0 Å². The van der Waals surface area contributed by atoms with E-state index in [1.54, 1.807) is 23.0 Å². The molecule has 4 heteroatoms. The number of nitrogens with two attached hydrogens (primary N) is 1. The van der Waals surface area contributed by atoms with E-state index in [-0.39, 0.29) is 0 Å². The highest BCUT2D eigenvalue weighted by atomic mass is 15.0.